The van der Waals surface area contributed by atoms with Crippen molar-refractivity contribution in [1.82, 2.24) is 4.98 Å². The topological polar surface area (TPSA) is 69.7 Å². The third-order valence-electron chi connectivity index (χ3n) is 4.84. The summed E-state index contributed by atoms with van der Waals surface area (Å²) in [5, 5.41) is 3.40. The summed E-state index contributed by atoms with van der Waals surface area (Å²) in [4.78, 5) is 17.1. The molecule has 1 aliphatic carbocycles. The second-order valence-corrected chi connectivity index (χ2v) is 7.73. The first kappa shape index (κ1) is 18.6. The van der Waals surface area contributed by atoms with Crippen LogP contribution >= 0.6 is 11.3 Å². The average molecular weight is 398 g/mol. The number of aromatic nitrogens is 1. The van der Waals surface area contributed by atoms with Crippen LogP contribution in [0.3, 0.4) is 0 Å². The maximum Gasteiger partial charge on any atom is 0.257 e. The van der Waals surface area contributed by atoms with E-state index in [1.54, 1.807) is 32.4 Å². The van der Waals surface area contributed by atoms with Gasteiger partial charge in [-0.1, -0.05) is 11.3 Å². The van der Waals surface area contributed by atoms with Crippen LogP contribution in [0.5, 0.6) is 17.2 Å². The number of hydrogen-bond donors (Lipinski definition) is 1. The summed E-state index contributed by atoms with van der Waals surface area (Å²) in [7, 11) is 3.21. The maximum absolute atomic E-state index is 12.7. The number of benzene rings is 2. The molecule has 1 aliphatic rings. The molecule has 7 heteroatoms. The highest BCUT2D eigenvalue weighted by Crippen LogP contribution is 2.33. The van der Waals surface area contributed by atoms with Gasteiger partial charge in [0.25, 0.3) is 5.91 Å². The molecule has 0 aliphatic heterocycles. The van der Waals surface area contributed by atoms with E-state index in [4.69, 9.17) is 14.2 Å². The average Bonchev–Trinajstić information content (AvgIpc) is 3.36. The molecule has 0 spiro atoms. The molecular weight excluding hydrogens is 376 g/mol. The number of fused-ring (bicyclic) bond motifs is 1. The first-order chi connectivity index (χ1) is 13.7. The zero-order chi connectivity index (χ0) is 19.5. The maximum atomic E-state index is 12.7. The second kappa shape index (κ2) is 8.06. The molecule has 1 heterocycles. The predicted molar refractivity (Wildman–Crippen MR) is 110 cm³/mol. The summed E-state index contributed by atoms with van der Waals surface area (Å²) in [5.74, 6) is 1.76. The smallest absolute Gasteiger partial charge is 0.257 e. The lowest BCUT2D eigenvalue weighted by Gasteiger charge is -2.16. The van der Waals surface area contributed by atoms with E-state index in [2.05, 4.69) is 10.3 Å². The van der Waals surface area contributed by atoms with Crippen molar-refractivity contribution in [3.63, 3.8) is 0 Å². The van der Waals surface area contributed by atoms with E-state index in [1.807, 2.05) is 18.2 Å². The summed E-state index contributed by atoms with van der Waals surface area (Å²) in [6.45, 7) is 0. The van der Waals surface area contributed by atoms with E-state index in [0.29, 0.717) is 22.2 Å². The molecule has 146 valence electrons. The molecule has 4 rings (SSSR count). The Bertz CT molecular complexity index is 995. The van der Waals surface area contributed by atoms with Crippen LogP contribution in [0.2, 0.25) is 0 Å². The van der Waals surface area contributed by atoms with Gasteiger partial charge in [0, 0.05) is 5.56 Å². The number of methoxy groups -OCH3 is 2. The van der Waals surface area contributed by atoms with Crippen LogP contribution in [0.15, 0.2) is 36.4 Å². The molecule has 1 fully saturated rings. The van der Waals surface area contributed by atoms with Crippen molar-refractivity contribution < 1.29 is 19.0 Å². The molecule has 0 saturated heterocycles. The summed E-state index contributed by atoms with van der Waals surface area (Å²) < 4.78 is 17.7. The third-order valence-corrected chi connectivity index (χ3v) is 5.77. The molecule has 0 unspecified atom stereocenters. The molecule has 1 amide bonds. The van der Waals surface area contributed by atoms with Crippen molar-refractivity contribution in [2.24, 2.45) is 0 Å². The summed E-state index contributed by atoms with van der Waals surface area (Å²) in [6, 6.07) is 10.9. The molecule has 1 aromatic heterocycles. The van der Waals surface area contributed by atoms with Gasteiger partial charge in [-0.25, -0.2) is 4.98 Å². The van der Waals surface area contributed by atoms with Gasteiger partial charge in [0.2, 0.25) is 0 Å². The zero-order valence-electron chi connectivity index (χ0n) is 15.9. The quantitative estimate of drug-likeness (QED) is 0.640. The lowest BCUT2D eigenvalue weighted by atomic mass is 10.2. The number of anilines is 1. The van der Waals surface area contributed by atoms with Crippen LogP contribution in [0.25, 0.3) is 10.2 Å². The van der Waals surface area contributed by atoms with Crippen molar-refractivity contribution in [3.8, 4) is 17.2 Å². The summed E-state index contributed by atoms with van der Waals surface area (Å²) in [5.41, 5.74) is 1.31. The first-order valence-corrected chi connectivity index (χ1v) is 10.1. The largest absolute Gasteiger partial charge is 0.497 e. The Balaban J connectivity index is 1.51. The Morgan fingerprint density at radius 2 is 1.89 bits per heavy atom. The van der Waals surface area contributed by atoms with Gasteiger partial charge in [0.1, 0.15) is 5.75 Å². The molecule has 1 N–H and O–H groups in total. The molecule has 2 aromatic carbocycles. The number of amides is 1. The van der Waals surface area contributed by atoms with Gasteiger partial charge in [-0.2, -0.15) is 0 Å². The fraction of sp³-hybridized carbons (Fsp3) is 0.333. The van der Waals surface area contributed by atoms with E-state index < -0.39 is 0 Å². The predicted octanol–water partition coefficient (Wildman–Crippen LogP) is 4.89. The number of carbonyl (C=O) groups excluding carboxylic acids is 1. The molecule has 28 heavy (non-hydrogen) atoms. The lowest BCUT2D eigenvalue weighted by molar-refractivity contribution is 0.102. The summed E-state index contributed by atoms with van der Waals surface area (Å²) in [6.07, 6.45) is 4.75. The normalized spacial score (nSPS) is 14.2. The molecule has 0 bridgehead atoms. The Kier molecular flexibility index (Phi) is 5.34. The second-order valence-electron chi connectivity index (χ2n) is 6.70. The minimum Gasteiger partial charge on any atom is -0.497 e. The third kappa shape index (κ3) is 3.89. The van der Waals surface area contributed by atoms with E-state index in [-0.39, 0.29) is 12.0 Å². The van der Waals surface area contributed by atoms with Gasteiger partial charge in [-0.05, 0) is 62.1 Å². The minimum absolute atomic E-state index is 0.230. The molecule has 0 atom stereocenters. The van der Waals surface area contributed by atoms with Crippen LogP contribution in [0.1, 0.15) is 36.0 Å². The van der Waals surface area contributed by atoms with Gasteiger partial charge >= 0.3 is 0 Å². The van der Waals surface area contributed by atoms with E-state index >= 15 is 0 Å². The number of nitrogens with zero attached hydrogens (tertiary/aromatic N) is 1. The number of rotatable bonds is 6. The fourth-order valence-electron chi connectivity index (χ4n) is 3.35. The minimum atomic E-state index is -0.239. The van der Waals surface area contributed by atoms with Gasteiger partial charge in [-0.3, -0.25) is 10.1 Å². The Morgan fingerprint density at radius 1 is 1.07 bits per heavy atom. The number of ether oxygens (including phenoxy) is 3. The molecule has 0 radical (unpaired) electrons. The Hall–Kier alpha value is -2.80. The highest BCUT2D eigenvalue weighted by atomic mass is 32.1. The highest BCUT2D eigenvalue weighted by molar-refractivity contribution is 7.22. The van der Waals surface area contributed by atoms with Crippen molar-refractivity contribution in [2.75, 3.05) is 19.5 Å². The Labute approximate surface area is 167 Å². The molecule has 1 saturated carbocycles. The van der Waals surface area contributed by atoms with Gasteiger partial charge < -0.3 is 14.2 Å². The number of nitrogens with one attached hydrogen (secondary N) is 1. The summed E-state index contributed by atoms with van der Waals surface area (Å²) >= 11 is 1.41. The Morgan fingerprint density at radius 3 is 2.64 bits per heavy atom. The van der Waals surface area contributed by atoms with Crippen molar-refractivity contribution in [2.45, 2.75) is 31.8 Å². The van der Waals surface area contributed by atoms with Crippen LogP contribution in [0.4, 0.5) is 5.13 Å². The van der Waals surface area contributed by atoms with E-state index in [1.165, 1.54) is 24.2 Å². The fourth-order valence-corrected chi connectivity index (χ4v) is 4.24. The number of thiazole rings is 1. The number of hydrogen-bond acceptors (Lipinski definition) is 6. The van der Waals surface area contributed by atoms with Crippen molar-refractivity contribution in [1.29, 1.82) is 0 Å². The van der Waals surface area contributed by atoms with Crippen LogP contribution in [0, 0.1) is 0 Å². The van der Waals surface area contributed by atoms with E-state index in [9.17, 15) is 4.79 Å². The van der Waals surface area contributed by atoms with Crippen molar-refractivity contribution >= 4 is 32.6 Å². The molecular formula is C21H22N2O4S. The van der Waals surface area contributed by atoms with Gasteiger partial charge in [0.05, 0.1) is 30.5 Å². The highest BCUT2D eigenvalue weighted by Gasteiger charge is 2.19. The number of carbonyl (C=O) groups is 1. The van der Waals surface area contributed by atoms with E-state index in [0.717, 1.165) is 28.8 Å². The standard InChI is InChI=1S/C21H22N2O4S/c1-25-15-8-9-16-19(12-15)28-21(22-16)23-20(24)13-7-10-17(18(11-13)26-2)27-14-5-3-4-6-14/h7-12,14H,3-6H2,1-2H3,(H,22,23,24). The lowest BCUT2D eigenvalue weighted by Crippen LogP contribution is -2.14. The molecule has 6 nitrogen and oxygen atoms in total. The van der Waals surface area contributed by atoms with Crippen LogP contribution < -0.4 is 19.5 Å². The first-order valence-electron chi connectivity index (χ1n) is 9.27. The van der Waals surface area contributed by atoms with Crippen molar-refractivity contribution in [3.05, 3.63) is 42.0 Å². The van der Waals surface area contributed by atoms with Crippen LogP contribution in [-0.4, -0.2) is 31.2 Å². The SMILES string of the molecule is COc1ccc2nc(NC(=O)c3ccc(OC4CCCC4)c(OC)c3)sc2c1. The van der Waals surface area contributed by atoms with Gasteiger partial charge in [-0.15, -0.1) is 0 Å². The van der Waals surface area contributed by atoms with Crippen LogP contribution in [-0.2, 0) is 0 Å². The van der Waals surface area contributed by atoms with Gasteiger partial charge in [0.15, 0.2) is 16.6 Å². The molecule has 3 aromatic rings. The monoisotopic (exact) mass is 398 g/mol. The zero-order valence-corrected chi connectivity index (χ0v) is 16.7.